The van der Waals surface area contributed by atoms with E-state index < -0.39 is 11.7 Å². The number of carbonyl (C=O) groups is 1. The number of amides is 1. The average Bonchev–Trinajstić information content (AvgIpc) is 3.49. The molecular formula is C25H33F3N4O. The summed E-state index contributed by atoms with van der Waals surface area (Å²) in [6, 6.07) is 5.97. The van der Waals surface area contributed by atoms with E-state index in [0.717, 1.165) is 51.4 Å². The monoisotopic (exact) mass is 462 g/mol. The zero-order valence-corrected chi connectivity index (χ0v) is 19.4. The van der Waals surface area contributed by atoms with Crippen molar-refractivity contribution in [2.24, 2.45) is 23.7 Å². The quantitative estimate of drug-likeness (QED) is 0.686. The van der Waals surface area contributed by atoms with Crippen LogP contribution in [0.25, 0.3) is 0 Å². The van der Waals surface area contributed by atoms with Crippen molar-refractivity contribution >= 4 is 11.6 Å². The number of anilines is 1. The van der Waals surface area contributed by atoms with Gasteiger partial charge in [-0.05, 0) is 61.6 Å². The van der Waals surface area contributed by atoms with Crippen molar-refractivity contribution in [3.05, 3.63) is 29.3 Å². The van der Waals surface area contributed by atoms with E-state index in [9.17, 15) is 18.0 Å². The van der Waals surface area contributed by atoms with Gasteiger partial charge in [0.25, 0.3) is 0 Å². The Labute approximate surface area is 193 Å². The number of rotatable bonds is 6. The molecule has 1 aromatic carbocycles. The summed E-state index contributed by atoms with van der Waals surface area (Å²) >= 11 is 0. The van der Waals surface area contributed by atoms with Crippen LogP contribution in [0.4, 0.5) is 18.9 Å². The minimum Gasteiger partial charge on any atom is -0.372 e. The molecule has 2 saturated heterocycles. The topological polar surface area (TPSA) is 59.4 Å². The number of alkyl halides is 3. The van der Waals surface area contributed by atoms with Gasteiger partial charge in [-0.25, -0.2) is 0 Å². The normalized spacial score (nSPS) is 24.8. The molecule has 1 N–H and O–H groups in total. The third-order valence-electron chi connectivity index (χ3n) is 7.26. The van der Waals surface area contributed by atoms with Crippen molar-refractivity contribution < 1.29 is 18.0 Å². The molecule has 1 aliphatic carbocycles. The largest absolute Gasteiger partial charge is 0.417 e. The lowest BCUT2D eigenvalue weighted by Gasteiger charge is -2.37. The molecule has 2 atom stereocenters. The molecule has 1 saturated carbocycles. The van der Waals surface area contributed by atoms with Gasteiger partial charge in [0.1, 0.15) is 0 Å². The molecular weight excluding hydrogens is 429 g/mol. The number of benzene rings is 1. The first-order valence-electron chi connectivity index (χ1n) is 12.0. The second kappa shape index (κ2) is 9.54. The second-order valence-corrected chi connectivity index (χ2v) is 10.3. The van der Waals surface area contributed by atoms with Crippen LogP contribution in [-0.4, -0.2) is 49.6 Å². The second-order valence-electron chi connectivity index (χ2n) is 10.3. The molecule has 2 aliphatic heterocycles. The Hall–Kier alpha value is -2.27. The number of nitrogens with zero attached hydrogens (tertiary/aromatic N) is 3. The summed E-state index contributed by atoms with van der Waals surface area (Å²) in [6.07, 6.45) is -0.696. The molecule has 33 heavy (non-hydrogen) atoms. The molecule has 0 unspecified atom stereocenters. The van der Waals surface area contributed by atoms with Gasteiger partial charge in [0.2, 0.25) is 5.91 Å². The number of hydrogen-bond donors (Lipinski definition) is 1. The van der Waals surface area contributed by atoms with E-state index in [4.69, 9.17) is 5.26 Å². The predicted octanol–water partition coefficient (Wildman–Crippen LogP) is 4.28. The van der Waals surface area contributed by atoms with Crippen LogP contribution in [0, 0.1) is 35.0 Å². The zero-order valence-electron chi connectivity index (χ0n) is 19.4. The Morgan fingerprint density at radius 3 is 2.45 bits per heavy atom. The summed E-state index contributed by atoms with van der Waals surface area (Å²) < 4.78 is 40.1. The van der Waals surface area contributed by atoms with Crippen LogP contribution >= 0.6 is 0 Å². The zero-order chi connectivity index (χ0) is 23.8. The van der Waals surface area contributed by atoms with E-state index >= 15 is 0 Å². The van der Waals surface area contributed by atoms with Crippen molar-refractivity contribution in [2.45, 2.75) is 51.7 Å². The van der Waals surface area contributed by atoms with Crippen molar-refractivity contribution in [3.63, 3.8) is 0 Å². The Kier molecular flexibility index (Phi) is 6.90. The van der Waals surface area contributed by atoms with Crippen molar-refractivity contribution in [1.29, 1.82) is 5.26 Å². The smallest absolute Gasteiger partial charge is 0.372 e. The van der Waals surface area contributed by atoms with E-state index in [1.54, 1.807) is 12.1 Å². The number of nitrogens with one attached hydrogen (secondary N) is 1. The van der Waals surface area contributed by atoms with Crippen LogP contribution in [0.2, 0.25) is 0 Å². The molecule has 2 heterocycles. The highest BCUT2D eigenvalue weighted by molar-refractivity contribution is 5.80. The minimum atomic E-state index is -4.55. The Balaban J connectivity index is 1.43. The average molecular weight is 463 g/mol. The highest BCUT2D eigenvalue weighted by atomic mass is 19.4. The van der Waals surface area contributed by atoms with Crippen LogP contribution in [0.1, 0.15) is 50.7 Å². The lowest BCUT2D eigenvalue weighted by molar-refractivity contribution is -0.137. The summed E-state index contributed by atoms with van der Waals surface area (Å²) in [5.41, 5.74) is -0.709. The molecule has 0 aromatic heterocycles. The minimum absolute atomic E-state index is 0.00681. The number of likely N-dealkylation sites (tertiary alicyclic amines) is 1. The van der Waals surface area contributed by atoms with E-state index in [2.05, 4.69) is 24.1 Å². The fraction of sp³-hybridized carbons (Fsp3) is 0.680. The first-order chi connectivity index (χ1) is 15.7. The lowest BCUT2D eigenvalue weighted by atomic mass is 9.78. The van der Waals surface area contributed by atoms with E-state index in [0.29, 0.717) is 36.7 Å². The molecule has 1 amide bonds. The van der Waals surface area contributed by atoms with Gasteiger partial charge >= 0.3 is 6.18 Å². The standard InChI is InChI=1S/C25H33F3N4O/c1-16(2)13-31-14-21(22(15-31)24(33)30-19-4-5-19)17-7-9-32(10-8-17)20-6-3-18(12-29)23(11-20)25(26,27)28/h3,6,11,16-17,19,21-22H,4-5,7-10,13-15H2,1-2H3,(H,30,33)/t21-,22+/m0/s1. The third-order valence-corrected chi connectivity index (χ3v) is 7.26. The molecule has 180 valence electrons. The molecule has 5 nitrogen and oxygen atoms in total. The molecule has 4 rings (SSSR count). The van der Waals surface area contributed by atoms with E-state index in [-0.39, 0.29) is 23.3 Å². The highest BCUT2D eigenvalue weighted by Crippen LogP contribution is 2.39. The van der Waals surface area contributed by atoms with Gasteiger partial charge in [-0.15, -0.1) is 0 Å². The summed E-state index contributed by atoms with van der Waals surface area (Å²) in [5, 5.41) is 12.2. The number of piperidine rings is 1. The summed E-state index contributed by atoms with van der Waals surface area (Å²) in [7, 11) is 0. The SMILES string of the molecule is CC(C)CN1C[C@@H](C(=O)NC2CC2)[C@H](C2CCN(c3ccc(C#N)c(C(F)(F)F)c3)CC2)C1. The fourth-order valence-electron chi connectivity index (χ4n) is 5.52. The third kappa shape index (κ3) is 5.63. The predicted molar refractivity (Wildman–Crippen MR) is 121 cm³/mol. The number of hydrogen-bond acceptors (Lipinski definition) is 4. The molecule has 0 radical (unpaired) electrons. The summed E-state index contributed by atoms with van der Waals surface area (Å²) in [5.74, 6) is 1.38. The summed E-state index contributed by atoms with van der Waals surface area (Å²) in [4.78, 5) is 17.4. The highest BCUT2D eigenvalue weighted by Gasteiger charge is 2.43. The number of halogens is 3. The van der Waals surface area contributed by atoms with Gasteiger partial charge in [0.05, 0.1) is 23.1 Å². The fourth-order valence-corrected chi connectivity index (χ4v) is 5.52. The number of carbonyl (C=O) groups excluding carboxylic acids is 1. The van der Waals surface area contributed by atoms with Gasteiger partial charge in [0, 0.05) is 44.5 Å². The van der Waals surface area contributed by atoms with Gasteiger partial charge < -0.3 is 15.1 Å². The van der Waals surface area contributed by atoms with Crippen molar-refractivity contribution in [2.75, 3.05) is 37.6 Å². The maximum atomic E-state index is 13.4. The Morgan fingerprint density at radius 1 is 1.18 bits per heavy atom. The molecule has 8 heteroatoms. The lowest BCUT2D eigenvalue weighted by Crippen LogP contribution is -2.42. The van der Waals surface area contributed by atoms with Crippen LogP contribution < -0.4 is 10.2 Å². The van der Waals surface area contributed by atoms with E-state index in [1.807, 2.05) is 4.90 Å². The van der Waals surface area contributed by atoms with Gasteiger partial charge in [-0.3, -0.25) is 4.79 Å². The maximum absolute atomic E-state index is 13.4. The molecule has 0 bridgehead atoms. The maximum Gasteiger partial charge on any atom is 0.417 e. The van der Waals surface area contributed by atoms with Crippen LogP contribution in [0.3, 0.4) is 0 Å². The molecule has 3 fully saturated rings. The molecule has 1 aromatic rings. The van der Waals surface area contributed by atoms with Crippen molar-refractivity contribution in [3.8, 4) is 6.07 Å². The summed E-state index contributed by atoms with van der Waals surface area (Å²) in [6.45, 7) is 8.40. The van der Waals surface area contributed by atoms with Crippen LogP contribution in [0.15, 0.2) is 18.2 Å². The molecule has 0 spiro atoms. The van der Waals surface area contributed by atoms with Gasteiger partial charge in [-0.1, -0.05) is 13.8 Å². The Morgan fingerprint density at radius 2 is 1.88 bits per heavy atom. The van der Waals surface area contributed by atoms with Crippen LogP contribution in [-0.2, 0) is 11.0 Å². The first kappa shape index (κ1) is 23.9. The van der Waals surface area contributed by atoms with Gasteiger partial charge in [0.15, 0.2) is 0 Å². The van der Waals surface area contributed by atoms with Crippen molar-refractivity contribution in [1.82, 2.24) is 10.2 Å². The molecule has 3 aliphatic rings. The number of nitriles is 1. The Bertz CT molecular complexity index is 898. The van der Waals surface area contributed by atoms with E-state index in [1.165, 1.54) is 6.07 Å². The van der Waals surface area contributed by atoms with Crippen LogP contribution in [0.5, 0.6) is 0 Å². The van der Waals surface area contributed by atoms with Gasteiger partial charge in [-0.2, -0.15) is 18.4 Å². The first-order valence-corrected chi connectivity index (χ1v) is 12.0.